The molecule has 0 spiro atoms. The summed E-state index contributed by atoms with van der Waals surface area (Å²) in [6, 6.07) is 0. The van der Waals surface area contributed by atoms with Crippen LogP contribution in [0.25, 0.3) is 21.6 Å². The van der Waals surface area contributed by atoms with Gasteiger partial charge < -0.3 is 21.6 Å². The van der Waals surface area contributed by atoms with Gasteiger partial charge in [0.15, 0.2) is 0 Å². The molecular weight excluding hydrogens is 450 g/mol. The van der Waals surface area contributed by atoms with Gasteiger partial charge in [-0.3, -0.25) is 0 Å². The Morgan fingerprint density at radius 2 is 0.571 bits per heavy atom. The third-order valence-corrected chi connectivity index (χ3v) is 0. The van der Waals surface area contributed by atoms with E-state index in [1.807, 2.05) is 0 Å². The predicted octanol–water partition coefficient (Wildman–Crippen LogP) is 2.25. The average Bonchev–Trinajstić information content (AvgIpc) is 1.92. The molecule has 71 valence electrons. The smallest absolute Gasteiger partial charge is 0.753 e. The molecule has 0 bridgehead atoms. The number of thiocarbonyl (C=S) groups is 4. The molecule has 1 radical (unpaired) electrons. The Hall–Kier alpha value is 0.888. The van der Waals surface area contributed by atoms with Crippen LogP contribution in [0.2, 0.25) is 0 Å². The first kappa shape index (κ1) is 36.4. The molecule has 0 aromatic heterocycles. The van der Waals surface area contributed by atoms with Crippen molar-refractivity contribution in [2.75, 3.05) is 0 Å². The third kappa shape index (κ3) is 2310. The van der Waals surface area contributed by atoms with Crippen molar-refractivity contribution >= 4 is 99.1 Å². The largest absolute Gasteiger partial charge is 4.00 e. The van der Waals surface area contributed by atoms with Crippen LogP contribution in [0.15, 0.2) is 0 Å². The van der Waals surface area contributed by atoms with E-state index < -0.39 is 0 Å². The number of isothiocyanates is 4. The van der Waals surface area contributed by atoms with Crippen molar-refractivity contribution < 1.29 is 21.1 Å². The quantitative estimate of drug-likeness (QED) is 0.322. The molecule has 0 aliphatic heterocycles. The molecule has 0 amide bonds. The van der Waals surface area contributed by atoms with Gasteiger partial charge in [0.2, 0.25) is 0 Å². The second-order valence-electron chi connectivity index (χ2n) is 0.365. The van der Waals surface area contributed by atoms with E-state index in [1.165, 1.54) is 20.6 Å². The second-order valence-corrected chi connectivity index (χ2v) is 1.10. The molecule has 0 aliphatic carbocycles. The number of hydrogen-bond acceptors (Lipinski definition) is 4. The van der Waals surface area contributed by atoms with Crippen molar-refractivity contribution in [3.05, 3.63) is 21.6 Å². The van der Waals surface area contributed by atoms with Crippen molar-refractivity contribution in [3.63, 3.8) is 0 Å². The molecule has 0 rings (SSSR count). The zero-order valence-corrected chi connectivity index (χ0v) is 14.3. The summed E-state index contributed by atoms with van der Waals surface area (Å²) >= 11 is 14.8. The zero-order chi connectivity index (χ0) is 10.8. The van der Waals surface area contributed by atoms with Crippen molar-refractivity contribution in [3.8, 4) is 0 Å². The Morgan fingerprint density at radius 1 is 0.571 bits per heavy atom. The minimum absolute atomic E-state index is 0. The monoisotopic (exact) mass is 450 g/mol. The van der Waals surface area contributed by atoms with Crippen LogP contribution in [0.5, 0.6) is 0 Å². The van der Waals surface area contributed by atoms with Gasteiger partial charge in [0.25, 0.3) is 0 Å². The Bertz CT molecular complexity index is 161. The fourth-order valence-corrected chi connectivity index (χ4v) is 0. The van der Waals surface area contributed by atoms with E-state index in [2.05, 4.69) is 48.9 Å². The Kier molecular flexibility index (Phi) is 251. The minimum atomic E-state index is 0. The predicted molar refractivity (Wildman–Crippen MR) is 69.6 cm³/mol. The second kappa shape index (κ2) is 96.5. The van der Waals surface area contributed by atoms with Crippen molar-refractivity contribution in [2.24, 2.45) is 0 Å². The van der Waals surface area contributed by atoms with E-state index in [-0.39, 0.29) is 50.6 Å². The molecule has 0 saturated carbocycles. The maximum absolute atomic E-state index is 7.13. The average molecular weight is 450 g/mol. The van der Waals surface area contributed by atoms with E-state index >= 15 is 0 Å². The van der Waals surface area contributed by atoms with Crippen molar-refractivity contribution in [2.45, 2.75) is 0 Å². The molecule has 0 N–H and O–H groups in total. The summed E-state index contributed by atoms with van der Waals surface area (Å²) in [7, 11) is 0. The topological polar surface area (TPSA) is 89.2 Å². The van der Waals surface area contributed by atoms with Gasteiger partial charge in [-0.1, -0.05) is 48.9 Å². The summed E-state index contributed by atoms with van der Waals surface area (Å²) < 4.78 is 0. The normalized spacial score (nSPS) is 2.29. The molecule has 0 aromatic rings. The summed E-state index contributed by atoms with van der Waals surface area (Å²) in [5, 5.41) is 33.9. The standard InChI is InChI=1S/4CNS.Na.Pt/c4*2-1-3;;/q4*-1;;+4. The molecule has 0 aromatic carbocycles. The van der Waals surface area contributed by atoms with Crippen LogP contribution in [-0.4, -0.2) is 50.2 Å². The van der Waals surface area contributed by atoms with Gasteiger partial charge in [-0.25, -0.2) is 0 Å². The molecular formula is C4N4NaPtS4. The minimum Gasteiger partial charge on any atom is -0.753 e. The Labute approximate surface area is 140 Å². The fraction of sp³-hybridized carbons (Fsp3) is 0. The summed E-state index contributed by atoms with van der Waals surface area (Å²) in [5.41, 5.74) is 0. The van der Waals surface area contributed by atoms with Crippen LogP contribution in [0.3, 0.4) is 0 Å². The number of hydrogen-bond donors (Lipinski definition) is 0. The Morgan fingerprint density at radius 3 is 0.571 bits per heavy atom. The summed E-state index contributed by atoms with van der Waals surface area (Å²) in [4.78, 5) is 0. The SMILES string of the molecule is [N-]=C=S.[N-]=C=S.[N-]=C=S.[N-]=C=S.[Na].[Pt+4]. The zero-order valence-electron chi connectivity index (χ0n) is 6.74. The molecule has 0 heterocycles. The summed E-state index contributed by atoms with van der Waals surface area (Å²) in [6.07, 6.45) is 0. The van der Waals surface area contributed by atoms with E-state index in [0.29, 0.717) is 0 Å². The van der Waals surface area contributed by atoms with Gasteiger partial charge >= 0.3 is 21.1 Å². The first-order valence-corrected chi connectivity index (χ1v) is 3.34. The molecule has 0 saturated heterocycles. The van der Waals surface area contributed by atoms with E-state index in [4.69, 9.17) is 21.6 Å². The number of nitrogens with zero attached hydrogens (tertiary/aromatic N) is 4. The van der Waals surface area contributed by atoms with E-state index in [0.717, 1.165) is 0 Å². The van der Waals surface area contributed by atoms with E-state index in [1.54, 1.807) is 0 Å². The van der Waals surface area contributed by atoms with Gasteiger partial charge in [-0.05, 0) is 0 Å². The van der Waals surface area contributed by atoms with Crippen LogP contribution < -0.4 is 0 Å². The van der Waals surface area contributed by atoms with Crippen LogP contribution in [0.4, 0.5) is 0 Å². The van der Waals surface area contributed by atoms with Crippen LogP contribution >= 0.6 is 48.9 Å². The first-order valence-electron chi connectivity index (χ1n) is 1.71. The maximum atomic E-state index is 7.13. The number of rotatable bonds is 0. The van der Waals surface area contributed by atoms with Crippen molar-refractivity contribution in [1.82, 2.24) is 0 Å². The van der Waals surface area contributed by atoms with Crippen molar-refractivity contribution in [1.29, 1.82) is 0 Å². The maximum Gasteiger partial charge on any atom is 4.00 e. The molecule has 0 atom stereocenters. The van der Waals surface area contributed by atoms with Gasteiger partial charge in [-0.2, -0.15) is 20.6 Å². The molecule has 0 unspecified atom stereocenters. The van der Waals surface area contributed by atoms with E-state index in [9.17, 15) is 0 Å². The molecule has 14 heavy (non-hydrogen) atoms. The molecule has 4 nitrogen and oxygen atoms in total. The van der Waals surface area contributed by atoms with Gasteiger partial charge in [0.1, 0.15) is 0 Å². The molecule has 10 heteroatoms. The molecule has 0 fully saturated rings. The van der Waals surface area contributed by atoms with Gasteiger partial charge in [-0.15, -0.1) is 0 Å². The Balaban J connectivity index is -0.0000000145. The van der Waals surface area contributed by atoms with Crippen LogP contribution in [-0.2, 0) is 21.1 Å². The van der Waals surface area contributed by atoms with Gasteiger partial charge in [0.05, 0.1) is 0 Å². The summed E-state index contributed by atoms with van der Waals surface area (Å²) in [5.74, 6) is 0. The van der Waals surface area contributed by atoms with Crippen LogP contribution in [0, 0.1) is 0 Å². The summed E-state index contributed by atoms with van der Waals surface area (Å²) in [6.45, 7) is 0. The van der Waals surface area contributed by atoms with Gasteiger partial charge in [0, 0.05) is 29.6 Å². The third-order valence-electron chi connectivity index (χ3n) is 0. The fourth-order valence-electron chi connectivity index (χ4n) is 0. The first-order chi connectivity index (χ1) is 5.66. The molecule has 0 aliphatic rings. The van der Waals surface area contributed by atoms with Crippen LogP contribution in [0.1, 0.15) is 0 Å².